The third-order valence-corrected chi connectivity index (χ3v) is 3.48. The Labute approximate surface area is 115 Å². The van der Waals surface area contributed by atoms with Gasteiger partial charge in [0.1, 0.15) is 10.1 Å². The Balaban J connectivity index is 2.04. The van der Waals surface area contributed by atoms with Crippen LogP contribution in [0.3, 0.4) is 0 Å². The first-order valence-electron chi connectivity index (χ1n) is 5.24. The van der Waals surface area contributed by atoms with E-state index in [1.54, 1.807) is 13.2 Å². The molecule has 0 spiro atoms. The van der Waals surface area contributed by atoms with Gasteiger partial charge in [-0.05, 0) is 23.8 Å². The molecule has 1 aliphatic heterocycles. The van der Waals surface area contributed by atoms with Gasteiger partial charge in [0.2, 0.25) is 0 Å². The van der Waals surface area contributed by atoms with Gasteiger partial charge < -0.3 is 10.1 Å². The molecule has 1 fully saturated rings. The van der Waals surface area contributed by atoms with Crippen molar-refractivity contribution in [3.05, 3.63) is 46.9 Å². The molecule has 0 atom stereocenters. The largest absolute Gasteiger partial charge is 0.497 e. The third-order valence-electron chi connectivity index (χ3n) is 2.29. The summed E-state index contributed by atoms with van der Waals surface area (Å²) in [5.41, 5.74) is 1.04. The maximum Gasteiger partial charge on any atom is 0.263 e. The number of benzene rings is 1. The van der Waals surface area contributed by atoms with E-state index in [0.29, 0.717) is 9.23 Å². The van der Waals surface area contributed by atoms with Gasteiger partial charge in [0.25, 0.3) is 5.91 Å². The highest BCUT2D eigenvalue weighted by Gasteiger charge is 2.20. The lowest BCUT2D eigenvalue weighted by Crippen LogP contribution is -2.17. The van der Waals surface area contributed by atoms with Crippen LogP contribution in [0, 0.1) is 0 Å². The van der Waals surface area contributed by atoms with Crippen molar-refractivity contribution < 1.29 is 9.53 Å². The van der Waals surface area contributed by atoms with Gasteiger partial charge in [0, 0.05) is 0 Å². The number of rotatable bonds is 3. The standard InChI is InChI=1S/C13H11NO2S2/c1-16-10-7-5-9(6-8-10)3-2-4-11-12(15)14-13(17)18-11/h2-8H,1H3,(H,14,15,17)/b3-2+,11-4+. The van der Waals surface area contributed by atoms with Crippen molar-refractivity contribution in [2.45, 2.75) is 0 Å². The van der Waals surface area contributed by atoms with Crippen molar-refractivity contribution in [2.24, 2.45) is 0 Å². The molecule has 1 heterocycles. The number of amides is 1. The summed E-state index contributed by atoms with van der Waals surface area (Å²) in [6, 6.07) is 7.67. The molecule has 0 aromatic heterocycles. The molecule has 1 aromatic carbocycles. The molecule has 0 unspecified atom stereocenters. The first-order valence-corrected chi connectivity index (χ1v) is 6.47. The van der Waals surface area contributed by atoms with Gasteiger partial charge in [-0.2, -0.15) is 0 Å². The lowest BCUT2D eigenvalue weighted by molar-refractivity contribution is -0.115. The van der Waals surface area contributed by atoms with Crippen LogP contribution in [-0.2, 0) is 4.79 Å². The van der Waals surface area contributed by atoms with E-state index in [0.717, 1.165) is 11.3 Å². The molecule has 0 bridgehead atoms. The SMILES string of the molecule is COc1ccc(/C=C/C=C2/SC(=S)NC2=O)cc1. The number of allylic oxidation sites excluding steroid dienone is 2. The minimum Gasteiger partial charge on any atom is -0.497 e. The van der Waals surface area contributed by atoms with Crippen LogP contribution >= 0.6 is 24.0 Å². The van der Waals surface area contributed by atoms with E-state index in [1.165, 1.54) is 11.8 Å². The minimum atomic E-state index is -0.135. The molecule has 3 nitrogen and oxygen atoms in total. The highest BCUT2D eigenvalue weighted by atomic mass is 32.2. The van der Waals surface area contributed by atoms with Crippen LogP contribution in [-0.4, -0.2) is 17.3 Å². The van der Waals surface area contributed by atoms with E-state index in [-0.39, 0.29) is 5.91 Å². The van der Waals surface area contributed by atoms with E-state index < -0.39 is 0 Å². The second-order valence-electron chi connectivity index (χ2n) is 3.51. The van der Waals surface area contributed by atoms with E-state index in [9.17, 15) is 4.79 Å². The lowest BCUT2D eigenvalue weighted by atomic mass is 10.2. The van der Waals surface area contributed by atoms with Gasteiger partial charge >= 0.3 is 0 Å². The molecule has 5 heteroatoms. The Morgan fingerprint density at radius 2 is 2.06 bits per heavy atom. The quantitative estimate of drug-likeness (QED) is 0.681. The predicted molar refractivity (Wildman–Crippen MR) is 78.4 cm³/mol. The van der Waals surface area contributed by atoms with Gasteiger partial charge in [0.15, 0.2) is 0 Å². The molecular formula is C13H11NO2S2. The van der Waals surface area contributed by atoms with E-state index in [4.69, 9.17) is 17.0 Å². The summed E-state index contributed by atoms with van der Waals surface area (Å²) in [5, 5.41) is 2.57. The fraction of sp³-hybridized carbons (Fsp3) is 0.0769. The maximum absolute atomic E-state index is 11.4. The number of methoxy groups -OCH3 is 1. The molecule has 18 heavy (non-hydrogen) atoms. The summed E-state index contributed by atoms with van der Waals surface area (Å²) in [5.74, 6) is 0.686. The summed E-state index contributed by atoms with van der Waals surface area (Å²) < 4.78 is 5.58. The molecule has 0 aliphatic carbocycles. The zero-order valence-electron chi connectivity index (χ0n) is 9.67. The minimum absolute atomic E-state index is 0.135. The third kappa shape index (κ3) is 3.21. The first-order chi connectivity index (χ1) is 8.69. The normalized spacial score (nSPS) is 17.5. The van der Waals surface area contributed by atoms with E-state index in [2.05, 4.69) is 5.32 Å². The Bertz CT molecular complexity index is 532. The van der Waals surface area contributed by atoms with Crippen molar-refractivity contribution in [3.63, 3.8) is 0 Å². The molecule has 92 valence electrons. The van der Waals surface area contributed by atoms with Crippen LogP contribution in [0.2, 0.25) is 0 Å². The molecule has 1 N–H and O–H groups in total. The van der Waals surface area contributed by atoms with Crippen LogP contribution in [0.15, 0.2) is 41.3 Å². The van der Waals surface area contributed by atoms with E-state index in [1.807, 2.05) is 36.4 Å². The predicted octanol–water partition coefficient (Wildman–Crippen LogP) is 2.74. The Hall–Kier alpha value is -1.59. The topological polar surface area (TPSA) is 38.3 Å². The van der Waals surface area contributed by atoms with Crippen LogP contribution in [0.5, 0.6) is 5.75 Å². The van der Waals surface area contributed by atoms with Crippen molar-refractivity contribution >= 4 is 40.3 Å². The molecule has 0 radical (unpaired) electrons. The number of carbonyl (C=O) groups is 1. The van der Waals surface area contributed by atoms with Crippen molar-refractivity contribution in [1.82, 2.24) is 5.32 Å². The highest BCUT2D eigenvalue weighted by molar-refractivity contribution is 8.26. The van der Waals surface area contributed by atoms with Gasteiger partial charge in [0.05, 0.1) is 12.0 Å². The van der Waals surface area contributed by atoms with Crippen molar-refractivity contribution in [3.8, 4) is 5.75 Å². The molecular weight excluding hydrogens is 266 g/mol. The van der Waals surface area contributed by atoms with Gasteiger partial charge in [-0.25, -0.2) is 0 Å². The average Bonchev–Trinajstić information content (AvgIpc) is 2.69. The average molecular weight is 277 g/mol. The summed E-state index contributed by atoms with van der Waals surface area (Å²) in [6.07, 6.45) is 5.50. The molecule has 1 amide bonds. The highest BCUT2D eigenvalue weighted by Crippen LogP contribution is 2.23. The number of thiocarbonyl (C=S) groups is 1. The summed E-state index contributed by atoms with van der Waals surface area (Å²) >= 11 is 6.17. The summed E-state index contributed by atoms with van der Waals surface area (Å²) in [6.45, 7) is 0. The number of thioether (sulfide) groups is 1. The zero-order valence-corrected chi connectivity index (χ0v) is 11.3. The van der Waals surface area contributed by atoms with Gasteiger partial charge in [-0.1, -0.05) is 48.3 Å². The molecule has 1 aliphatic rings. The Morgan fingerprint density at radius 1 is 1.33 bits per heavy atom. The fourth-order valence-electron chi connectivity index (χ4n) is 1.40. The lowest BCUT2D eigenvalue weighted by Gasteiger charge is -1.98. The maximum atomic E-state index is 11.4. The van der Waals surface area contributed by atoms with Crippen LogP contribution in [0.1, 0.15) is 5.56 Å². The smallest absolute Gasteiger partial charge is 0.263 e. The van der Waals surface area contributed by atoms with Crippen LogP contribution < -0.4 is 10.1 Å². The first kappa shape index (κ1) is 12.9. The van der Waals surface area contributed by atoms with Crippen molar-refractivity contribution in [2.75, 3.05) is 7.11 Å². The second kappa shape index (κ2) is 5.84. The summed E-state index contributed by atoms with van der Waals surface area (Å²) in [7, 11) is 1.63. The second-order valence-corrected chi connectivity index (χ2v) is 5.23. The van der Waals surface area contributed by atoms with Crippen molar-refractivity contribution in [1.29, 1.82) is 0 Å². The molecule has 0 saturated carbocycles. The number of hydrogen-bond donors (Lipinski definition) is 1. The molecule has 2 rings (SSSR count). The van der Waals surface area contributed by atoms with Gasteiger partial charge in [-0.3, -0.25) is 4.79 Å². The zero-order chi connectivity index (χ0) is 13.0. The number of carbonyl (C=O) groups excluding carboxylic acids is 1. The Morgan fingerprint density at radius 3 is 2.61 bits per heavy atom. The Kier molecular flexibility index (Phi) is 4.17. The van der Waals surface area contributed by atoms with Crippen LogP contribution in [0.4, 0.5) is 0 Å². The monoisotopic (exact) mass is 277 g/mol. The van der Waals surface area contributed by atoms with Gasteiger partial charge in [-0.15, -0.1) is 0 Å². The number of ether oxygens (including phenoxy) is 1. The summed E-state index contributed by atoms with van der Waals surface area (Å²) in [4.78, 5) is 12.0. The number of nitrogens with one attached hydrogen (secondary N) is 1. The molecule has 1 saturated heterocycles. The molecule has 1 aromatic rings. The number of hydrogen-bond acceptors (Lipinski definition) is 4. The van der Waals surface area contributed by atoms with E-state index >= 15 is 0 Å². The van der Waals surface area contributed by atoms with Crippen LogP contribution in [0.25, 0.3) is 6.08 Å². The fourth-order valence-corrected chi connectivity index (χ4v) is 2.39.